The third kappa shape index (κ3) is 3.30. The second kappa shape index (κ2) is 6.96. The van der Waals surface area contributed by atoms with Gasteiger partial charge in [-0.25, -0.2) is 0 Å². The first kappa shape index (κ1) is 14.4. The third-order valence-electron chi connectivity index (χ3n) is 3.89. The van der Waals surface area contributed by atoms with Gasteiger partial charge in [-0.3, -0.25) is 0 Å². The number of nitriles is 1. The summed E-state index contributed by atoms with van der Waals surface area (Å²) in [6, 6.07) is 9.25. The Morgan fingerprint density at radius 2 is 2.26 bits per heavy atom. The van der Waals surface area contributed by atoms with Crippen LogP contribution in [-0.4, -0.2) is 12.6 Å². The Balaban J connectivity index is 2.30. The molecule has 1 fully saturated rings. The molecule has 0 spiro atoms. The van der Waals surface area contributed by atoms with Crippen LogP contribution in [0.5, 0.6) is 0 Å². The Bertz CT molecular complexity index is 462. The lowest BCUT2D eigenvalue weighted by molar-refractivity contribution is 0.434. The summed E-state index contributed by atoms with van der Waals surface area (Å²) < 4.78 is 0. The number of alkyl halides is 1. The van der Waals surface area contributed by atoms with E-state index in [1.54, 1.807) is 0 Å². The van der Waals surface area contributed by atoms with E-state index in [1.165, 1.54) is 37.7 Å². The molecule has 1 unspecified atom stereocenters. The van der Waals surface area contributed by atoms with Crippen molar-refractivity contribution in [3.63, 3.8) is 0 Å². The number of nitrogens with zero attached hydrogens (tertiary/aromatic N) is 2. The van der Waals surface area contributed by atoms with Crippen LogP contribution >= 0.6 is 15.9 Å². The van der Waals surface area contributed by atoms with Gasteiger partial charge in [0.2, 0.25) is 0 Å². The molecule has 2 nitrogen and oxygen atoms in total. The highest BCUT2D eigenvalue weighted by atomic mass is 79.9. The number of anilines is 1. The second-order valence-corrected chi connectivity index (χ2v) is 5.79. The van der Waals surface area contributed by atoms with Crippen LogP contribution in [0, 0.1) is 11.3 Å². The maximum Gasteiger partial charge on any atom is 0.101 e. The van der Waals surface area contributed by atoms with E-state index in [1.807, 2.05) is 6.07 Å². The van der Waals surface area contributed by atoms with Crippen molar-refractivity contribution in [1.29, 1.82) is 5.26 Å². The van der Waals surface area contributed by atoms with E-state index in [4.69, 9.17) is 0 Å². The van der Waals surface area contributed by atoms with Crippen LogP contribution in [0.1, 0.15) is 50.2 Å². The van der Waals surface area contributed by atoms with Crippen LogP contribution in [0.4, 0.5) is 5.69 Å². The van der Waals surface area contributed by atoms with Crippen molar-refractivity contribution in [2.24, 2.45) is 0 Å². The zero-order valence-electron chi connectivity index (χ0n) is 11.5. The molecule has 1 aromatic carbocycles. The molecule has 1 saturated heterocycles. The minimum absolute atomic E-state index is 0.612. The highest BCUT2D eigenvalue weighted by Crippen LogP contribution is 2.30. The number of hydrogen-bond acceptors (Lipinski definition) is 2. The maximum atomic E-state index is 9.39. The van der Waals surface area contributed by atoms with E-state index in [2.05, 4.69) is 46.0 Å². The molecule has 1 heterocycles. The number of rotatable bonds is 4. The summed E-state index contributed by atoms with van der Waals surface area (Å²) in [4.78, 5) is 2.46. The molecule has 2 rings (SSSR count). The molecule has 0 amide bonds. The molecule has 102 valence electrons. The Labute approximate surface area is 124 Å². The highest BCUT2D eigenvalue weighted by Gasteiger charge is 2.23. The van der Waals surface area contributed by atoms with Gasteiger partial charge in [-0.2, -0.15) is 5.26 Å². The van der Waals surface area contributed by atoms with Crippen molar-refractivity contribution >= 4 is 21.6 Å². The van der Waals surface area contributed by atoms with Crippen LogP contribution in [0.2, 0.25) is 0 Å². The van der Waals surface area contributed by atoms with Crippen LogP contribution in [0.25, 0.3) is 0 Å². The van der Waals surface area contributed by atoms with Crippen LogP contribution in [0.15, 0.2) is 18.2 Å². The fraction of sp³-hybridized carbons (Fsp3) is 0.562. The molecule has 0 aromatic heterocycles. The van der Waals surface area contributed by atoms with E-state index in [9.17, 15) is 5.26 Å². The van der Waals surface area contributed by atoms with Crippen LogP contribution in [0.3, 0.4) is 0 Å². The van der Waals surface area contributed by atoms with Gasteiger partial charge >= 0.3 is 0 Å². The molecular formula is C16H21BrN2. The van der Waals surface area contributed by atoms with Crippen LogP contribution in [-0.2, 0) is 5.33 Å². The van der Waals surface area contributed by atoms with Crippen molar-refractivity contribution in [3.8, 4) is 6.07 Å². The smallest absolute Gasteiger partial charge is 0.101 e. The zero-order chi connectivity index (χ0) is 13.7. The monoisotopic (exact) mass is 320 g/mol. The van der Waals surface area contributed by atoms with Gasteiger partial charge in [0.15, 0.2) is 0 Å². The number of benzene rings is 1. The molecule has 1 aliphatic heterocycles. The minimum atomic E-state index is 0.612. The largest absolute Gasteiger partial charge is 0.367 e. The molecule has 3 heteroatoms. The maximum absolute atomic E-state index is 9.39. The Morgan fingerprint density at radius 1 is 1.42 bits per heavy atom. The molecule has 0 bridgehead atoms. The Kier molecular flexibility index (Phi) is 5.27. The summed E-state index contributed by atoms with van der Waals surface area (Å²) in [7, 11) is 0. The topological polar surface area (TPSA) is 27.0 Å². The van der Waals surface area contributed by atoms with Crippen LogP contribution < -0.4 is 4.90 Å². The second-order valence-electron chi connectivity index (χ2n) is 5.23. The van der Waals surface area contributed by atoms with Gasteiger partial charge in [-0.05, 0) is 43.4 Å². The van der Waals surface area contributed by atoms with Gasteiger partial charge in [0.05, 0.1) is 11.3 Å². The van der Waals surface area contributed by atoms with E-state index >= 15 is 0 Å². The molecule has 1 atom stereocenters. The lowest BCUT2D eigenvalue weighted by Gasteiger charge is -2.38. The Morgan fingerprint density at radius 3 is 2.95 bits per heavy atom. The van der Waals surface area contributed by atoms with Crippen molar-refractivity contribution in [2.75, 3.05) is 11.4 Å². The number of piperidine rings is 1. The zero-order valence-corrected chi connectivity index (χ0v) is 13.1. The molecule has 1 aliphatic rings. The average molecular weight is 321 g/mol. The quantitative estimate of drug-likeness (QED) is 0.757. The van der Waals surface area contributed by atoms with Crippen molar-refractivity contribution < 1.29 is 0 Å². The normalized spacial score (nSPS) is 19.2. The van der Waals surface area contributed by atoms with E-state index in [-0.39, 0.29) is 0 Å². The SMILES string of the molecule is CCCC1CCCCN1c1ccc(CBr)cc1C#N. The summed E-state index contributed by atoms with van der Waals surface area (Å²) >= 11 is 3.46. The van der Waals surface area contributed by atoms with Gasteiger partial charge in [0.25, 0.3) is 0 Å². The lowest BCUT2D eigenvalue weighted by Crippen LogP contribution is -2.39. The van der Waals surface area contributed by atoms with Gasteiger partial charge in [-0.1, -0.05) is 35.3 Å². The summed E-state index contributed by atoms with van der Waals surface area (Å²) in [6.45, 7) is 3.33. The number of hydrogen-bond donors (Lipinski definition) is 0. The van der Waals surface area contributed by atoms with Crippen molar-refractivity contribution in [3.05, 3.63) is 29.3 Å². The third-order valence-corrected chi connectivity index (χ3v) is 4.54. The summed E-state index contributed by atoms with van der Waals surface area (Å²) in [5.41, 5.74) is 3.12. The molecule has 0 saturated carbocycles. The molecule has 0 radical (unpaired) electrons. The molecule has 0 aliphatic carbocycles. The Hall–Kier alpha value is -1.01. The molecule has 0 N–H and O–H groups in total. The average Bonchev–Trinajstić information content (AvgIpc) is 2.47. The summed E-state index contributed by atoms with van der Waals surface area (Å²) in [5.74, 6) is 0. The first-order chi connectivity index (χ1) is 9.30. The fourth-order valence-corrected chi connectivity index (χ4v) is 3.31. The number of halogens is 1. The summed E-state index contributed by atoms with van der Waals surface area (Å²) in [5, 5.41) is 10.2. The predicted molar refractivity (Wildman–Crippen MR) is 83.7 cm³/mol. The van der Waals surface area contributed by atoms with Crippen molar-refractivity contribution in [2.45, 2.75) is 50.4 Å². The first-order valence-corrected chi connectivity index (χ1v) is 8.28. The van der Waals surface area contributed by atoms with Gasteiger partial charge in [0, 0.05) is 17.9 Å². The van der Waals surface area contributed by atoms with E-state index in [0.717, 1.165) is 23.1 Å². The van der Waals surface area contributed by atoms with Gasteiger partial charge < -0.3 is 4.90 Å². The van der Waals surface area contributed by atoms with Gasteiger partial charge in [-0.15, -0.1) is 0 Å². The fourth-order valence-electron chi connectivity index (χ4n) is 2.96. The standard InChI is InChI=1S/C16H21BrN2/c1-2-5-15-6-3-4-9-19(15)16-8-7-13(11-17)10-14(16)12-18/h7-8,10,15H,2-6,9,11H2,1H3. The summed E-state index contributed by atoms with van der Waals surface area (Å²) in [6.07, 6.45) is 6.26. The molecule has 19 heavy (non-hydrogen) atoms. The molecular weight excluding hydrogens is 300 g/mol. The molecule has 1 aromatic rings. The minimum Gasteiger partial charge on any atom is -0.367 e. The van der Waals surface area contributed by atoms with E-state index in [0.29, 0.717) is 6.04 Å². The highest BCUT2D eigenvalue weighted by molar-refractivity contribution is 9.08. The predicted octanol–water partition coefficient (Wildman–Crippen LogP) is 4.61. The lowest BCUT2D eigenvalue weighted by atomic mass is 9.96. The van der Waals surface area contributed by atoms with Crippen molar-refractivity contribution in [1.82, 2.24) is 0 Å². The first-order valence-electron chi connectivity index (χ1n) is 7.15. The van der Waals surface area contributed by atoms with E-state index < -0.39 is 0 Å². The van der Waals surface area contributed by atoms with Gasteiger partial charge in [0.1, 0.15) is 6.07 Å².